The van der Waals surface area contributed by atoms with Crippen molar-refractivity contribution < 1.29 is 44.3 Å². The van der Waals surface area contributed by atoms with Crippen LogP contribution in [0.5, 0.6) is 0 Å². The largest absolute Gasteiger partial charge is 0.478 e. The number of hydrogen-bond acceptors (Lipinski definition) is 11. The predicted octanol–water partition coefficient (Wildman–Crippen LogP) is -1.93. The molecule has 1 fully saturated rings. The third kappa shape index (κ3) is 8.27. The third-order valence-corrected chi connectivity index (χ3v) is 4.75. The van der Waals surface area contributed by atoms with Gasteiger partial charge in [-0.3, -0.25) is 9.36 Å². The number of aromatic nitrogens is 2. The maximum Gasteiger partial charge on any atom is 0.351 e. The van der Waals surface area contributed by atoms with Gasteiger partial charge in [-0.05, 0) is 12.0 Å². The van der Waals surface area contributed by atoms with Crippen LogP contribution in [0.2, 0.25) is 0 Å². The minimum Gasteiger partial charge on any atom is -0.478 e. The lowest BCUT2D eigenvalue weighted by atomic mass is 10.0. The first-order valence-corrected chi connectivity index (χ1v) is 9.81. The zero-order chi connectivity index (χ0) is 25.3. The smallest absolute Gasteiger partial charge is 0.351 e. The minimum atomic E-state index is -1.39. The molecule has 0 saturated carbocycles. The van der Waals surface area contributed by atoms with Crippen molar-refractivity contribution in [1.29, 1.82) is 0 Å². The summed E-state index contributed by atoms with van der Waals surface area (Å²) >= 11 is 0. The average molecular weight is 472 g/mol. The van der Waals surface area contributed by atoms with Gasteiger partial charge in [-0.25, -0.2) is 14.4 Å². The molecule has 1 aliphatic rings. The highest BCUT2D eigenvalue weighted by Gasteiger charge is 2.44. The van der Waals surface area contributed by atoms with E-state index in [1.165, 1.54) is 12.3 Å². The van der Waals surface area contributed by atoms with E-state index in [9.17, 15) is 29.4 Å². The number of esters is 1. The number of carboxylic acid groups (broad SMARTS) is 2. The van der Waals surface area contributed by atoms with Crippen molar-refractivity contribution in [2.75, 3.05) is 12.3 Å². The lowest BCUT2D eigenvalue weighted by Gasteiger charge is -2.19. The Morgan fingerprint density at radius 1 is 1.24 bits per heavy atom. The molecule has 0 unspecified atom stereocenters. The van der Waals surface area contributed by atoms with Crippen molar-refractivity contribution in [3.05, 3.63) is 34.9 Å². The highest BCUT2D eigenvalue weighted by Crippen LogP contribution is 2.28. The zero-order valence-corrected chi connectivity index (χ0v) is 18.0. The molecule has 2 heterocycles. The molecule has 1 aromatic rings. The molecule has 14 heteroatoms. The summed E-state index contributed by atoms with van der Waals surface area (Å²) in [4.78, 5) is 46.4. The molecule has 0 radical (unpaired) electrons. The van der Waals surface area contributed by atoms with Gasteiger partial charge in [-0.1, -0.05) is 20.3 Å². The first-order valence-electron chi connectivity index (χ1n) is 9.81. The first-order chi connectivity index (χ1) is 15.4. The molecule has 2 rings (SSSR count). The molecule has 0 spiro atoms. The van der Waals surface area contributed by atoms with Gasteiger partial charge in [-0.2, -0.15) is 4.98 Å². The maximum atomic E-state index is 11.9. The number of carbonyl (C=O) groups excluding carboxylic acids is 1. The fourth-order valence-electron chi connectivity index (χ4n) is 2.61. The fourth-order valence-corrected chi connectivity index (χ4v) is 2.61. The van der Waals surface area contributed by atoms with Crippen molar-refractivity contribution in [1.82, 2.24) is 9.55 Å². The Balaban J connectivity index is 0.000000582. The molecule has 0 bridgehead atoms. The number of carbonyl (C=O) groups is 3. The van der Waals surface area contributed by atoms with Crippen molar-refractivity contribution >= 4 is 23.7 Å². The number of nitrogen functional groups attached to an aromatic ring is 1. The SMILES string of the molecule is CC[C@@H](C)[C@@H](N)C(=O)OC[C@H]1O[C@@H](n2ccc(N)nc2=O)[C@@H](O)[C@@H]1O.O=C(O)/C=C\C(=O)O. The second-order valence-corrected chi connectivity index (χ2v) is 7.14. The standard InChI is InChI=1S/C15H24N4O6.C4H4O4/c1-3-7(2)10(17)14(22)24-6-8-11(20)12(21)13(25-8)19-5-4-9(16)18-15(19)23;5-3(6)1-2-4(7)8/h4-5,7-8,10-13,20-21H,3,6,17H2,1-2H3,(H2,16,18,23);1-2H,(H,5,6)(H,7,8)/b;2-1-/t7-,8-,10-,11-,12+,13-;/m1./s1. The quantitative estimate of drug-likeness (QED) is 0.179. The summed E-state index contributed by atoms with van der Waals surface area (Å²) in [6.45, 7) is 3.43. The van der Waals surface area contributed by atoms with E-state index >= 15 is 0 Å². The van der Waals surface area contributed by atoms with Gasteiger partial charge in [0.05, 0.1) is 0 Å². The van der Waals surface area contributed by atoms with E-state index in [0.717, 1.165) is 4.57 Å². The highest BCUT2D eigenvalue weighted by molar-refractivity contribution is 5.89. The van der Waals surface area contributed by atoms with E-state index in [2.05, 4.69) is 4.98 Å². The predicted molar refractivity (Wildman–Crippen MR) is 112 cm³/mol. The van der Waals surface area contributed by atoms with Crippen molar-refractivity contribution in [2.45, 2.75) is 50.8 Å². The van der Waals surface area contributed by atoms with Gasteiger partial charge in [0.25, 0.3) is 0 Å². The number of aliphatic carboxylic acids is 2. The van der Waals surface area contributed by atoms with Crippen LogP contribution in [0.25, 0.3) is 0 Å². The summed E-state index contributed by atoms with van der Waals surface area (Å²) < 4.78 is 11.6. The second kappa shape index (κ2) is 12.6. The molecule has 14 nitrogen and oxygen atoms in total. The molecule has 1 aromatic heterocycles. The van der Waals surface area contributed by atoms with Gasteiger partial charge in [0.2, 0.25) is 0 Å². The Kier molecular flexibility index (Phi) is 10.6. The summed E-state index contributed by atoms with van der Waals surface area (Å²) in [6, 6.07) is 0.579. The summed E-state index contributed by atoms with van der Waals surface area (Å²) in [5, 5.41) is 35.8. The van der Waals surface area contributed by atoms with Crippen molar-refractivity contribution in [2.24, 2.45) is 11.7 Å². The summed E-state index contributed by atoms with van der Waals surface area (Å²) in [5.41, 5.74) is 10.5. The zero-order valence-electron chi connectivity index (χ0n) is 18.0. The monoisotopic (exact) mass is 472 g/mol. The molecular formula is C19H28N4O10. The number of ether oxygens (including phenoxy) is 2. The van der Waals surface area contributed by atoms with Crippen molar-refractivity contribution in [3.8, 4) is 0 Å². The van der Waals surface area contributed by atoms with Gasteiger partial charge in [0.15, 0.2) is 6.23 Å². The first kappa shape index (κ1) is 27.7. The number of rotatable bonds is 8. The van der Waals surface area contributed by atoms with Crippen LogP contribution >= 0.6 is 0 Å². The van der Waals surface area contributed by atoms with Crippen LogP contribution < -0.4 is 17.2 Å². The van der Waals surface area contributed by atoms with Gasteiger partial charge >= 0.3 is 23.6 Å². The number of nitrogens with two attached hydrogens (primary N) is 2. The molecular weight excluding hydrogens is 444 g/mol. The molecule has 1 aliphatic heterocycles. The Morgan fingerprint density at radius 2 is 1.82 bits per heavy atom. The number of anilines is 1. The van der Waals surface area contributed by atoms with E-state index in [-0.39, 0.29) is 18.3 Å². The molecule has 184 valence electrons. The number of aliphatic hydroxyl groups excluding tert-OH is 2. The van der Waals surface area contributed by atoms with Crippen LogP contribution in [0.4, 0.5) is 5.82 Å². The topological polar surface area (TPSA) is 238 Å². The van der Waals surface area contributed by atoms with E-state index in [0.29, 0.717) is 18.6 Å². The van der Waals surface area contributed by atoms with E-state index in [1.54, 1.807) is 0 Å². The fraction of sp³-hybridized carbons (Fsp3) is 0.526. The van der Waals surface area contributed by atoms with Crippen LogP contribution in [-0.4, -0.2) is 78.8 Å². The number of nitrogens with zero attached hydrogens (tertiary/aromatic N) is 2. The van der Waals surface area contributed by atoms with E-state index in [1.807, 2.05) is 13.8 Å². The van der Waals surface area contributed by atoms with Gasteiger partial charge in [0, 0.05) is 18.3 Å². The van der Waals surface area contributed by atoms with E-state index < -0.39 is 54.2 Å². The molecule has 33 heavy (non-hydrogen) atoms. The minimum absolute atomic E-state index is 0.0267. The molecule has 8 N–H and O–H groups in total. The lowest BCUT2D eigenvalue weighted by Crippen LogP contribution is -2.41. The molecule has 0 aliphatic carbocycles. The van der Waals surface area contributed by atoms with Gasteiger partial charge in [-0.15, -0.1) is 0 Å². The third-order valence-electron chi connectivity index (χ3n) is 4.75. The van der Waals surface area contributed by atoms with Gasteiger partial charge in [0.1, 0.15) is 36.8 Å². The van der Waals surface area contributed by atoms with Gasteiger partial charge < -0.3 is 41.4 Å². The lowest BCUT2D eigenvalue weighted by molar-refractivity contribution is -0.153. The Bertz CT molecular complexity index is 902. The van der Waals surface area contributed by atoms with Crippen LogP contribution in [0.1, 0.15) is 26.5 Å². The molecule has 0 amide bonds. The molecule has 6 atom stereocenters. The number of hydrogen-bond donors (Lipinski definition) is 6. The van der Waals surface area contributed by atoms with Crippen LogP contribution in [-0.2, 0) is 23.9 Å². The summed E-state index contributed by atoms with van der Waals surface area (Å²) in [7, 11) is 0. The van der Waals surface area contributed by atoms with Crippen LogP contribution in [0.15, 0.2) is 29.2 Å². The van der Waals surface area contributed by atoms with E-state index in [4.69, 9.17) is 31.2 Å². The second-order valence-electron chi connectivity index (χ2n) is 7.14. The number of aliphatic hydroxyl groups is 2. The maximum absolute atomic E-state index is 11.9. The number of carboxylic acids is 2. The molecule has 0 aromatic carbocycles. The summed E-state index contributed by atoms with van der Waals surface area (Å²) in [5.74, 6) is -3.16. The Hall–Kier alpha value is -3.33. The van der Waals surface area contributed by atoms with Crippen molar-refractivity contribution in [3.63, 3.8) is 0 Å². The summed E-state index contributed by atoms with van der Waals surface area (Å²) in [6.07, 6.45) is -1.77. The normalized spacial score (nSPS) is 23.9. The van der Waals surface area contributed by atoms with Crippen LogP contribution in [0.3, 0.4) is 0 Å². The Labute approximate surface area is 188 Å². The Morgan fingerprint density at radius 3 is 2.30 bits per heavy atom. The highest BCUT2D eigenvalue weighted by atomic mass is 16.6. The molecule has 1 saturated heterocycles. The average Bonchev–Trinajstić information content (AvgIpc) is 3.03. The van der Waals surface area contributed by atoms with Crippen LogP contribution in [0, 0.1) is 5.92 Å².